The van der Waals surface area contributed by atoms with Crippen LogP contribution >= 0.6 is 11.6 Å². The fraction of sp³-hybridized carbons (Fsp3) is 0.0385. The van der Waals surface area contributed by atoms with Crippen molar-refractivity contribution in [2.45, 2.75) is 6.54 Å². The van der Waals surface area contributed by atoms with Crippen LogP contribution in [0.3, 0.4) is 0 Å². The molecule has 0 saturated heterocycles. The van der Waals surface area contributed by atoms with Gasteiger partial charge in [0.15, 0.2) is 0 Å². The van der Waals surface area contributed by atoms with E-state index < -0.39 is 0 Å². The van der Waals surface area contributed by atoms with Gasteiger partial charge in [-0.25, -0.2) is 4.98 Å². The molecule has 0 aliphatic rings. The number of nitrogens with zero attached hydrogens (tertiary/aromatic N) is 1. The molecule has 1 amide bonds. The topological polar surface area (TPSA) is 103 Å². The summed E-state index contributed by atoms with van der Waals surface area (Å²) in [5, 5.41) is 6.78. The number of nitrogens with one attached hydrogen (secondary N) is 4. The van der Waals surface area contributed by atoms with Crippen molar-refractivity contribution in [1.29, 1.82) is 0 Å². The molecule has 5 aromatic rings. The van der Waals surface area contributed by atoms with Gasteiger partial charge in [0.05, 0.1) is 16.9 Å². The Bertz CT molecular complexity index is 1520. The zero-order chi connectivity index (χ0) is 23.5. The number of benzene rings is 3. The Morgan fingerprint density at radius 2 is 1.71 bits per heavy atom. The summed E-state index contributed by atoms with van der Waals surface area (Å²) in [5.41, 5.74) is 4.12. The van der Waals surface area contributed by atoms with Gasteiger partial charge in [0.1, 0.15) is 16.9 Å². The molecule has 2 aromatic heterocycles. The van der Waals surface area contributed by atoms with E-state index in [4.69, 9.17) is 11.6 Å². The predicted molar refractivity (Wildman–Crippen MR) is 135 cm³/mol. The largest absolute Gasteiger partial charge is 0.380 e. The Balaban J connectivity index is 1.48. The highest BCUT2D eigenvalue weighted by Crippen LogP contribution is 2.28. The van der Waals surface area contributed by atoms with Crippen molar-refractivity contribution < 1.29 is 4.79 Å². The first-order valence-electron chi connectivity index (χ1n) is 10.6. The van der Waals surface area contributed by atoms with E-state index in [9.17, 15) is 9.59 Å². The molecule has 0 spiro atoms. The molecule has 4 N–H and O–H groups in total. The molecule has 0 aliphatic carbocycles. The molecule has 2 heterocycles. The van der Waals surface area contributed by atoms with Gasteiger partial charge in [-0.3, -0.25) is 9.59 Å². The van der Waals surface area contributed by atoms with Crippen LogP contribution in [0.5, 0.6) is 0 Å². The van der Waals surface area contributed by atoms with Gasteiger partial charge in [-0.1, -0.05) is 48.0 Å². The summed E-state index contributed by atoms with van der Waals surface area (Å²) in [5.74, 6) is 0.122. The van der Waals surface area contributed by atoms with Gasteiger partial charge in [-0.05, 0) is 48.0 Å². The highest BCUT2D eigenvalue weighted by Gasteiger charge is 2.17. The number of fused-ring (bicyclic) bond motifs is 1. The number of H-pyrrole nitrogens is 2. The third kappa shape index (κ3) is 4.42. The number of hydrogen-bond donors (Lipinski definition) is 4. The Morgan fingerprint density at radius 3 is 2.50 bits per heavy atom. The number of imidazole rings is 1. The molecule has 3 aromatic carbocycles. The molecular formula is C26H20ClN5O2. The quantitative estimate of drug-likeness (QED) is 0.266. The monoisotopic (exact) mass is 469 g/mol. The predicted octanol–water partition coefficient (Wildman–Crippen LogP) is 5.44. The van der Waals surface area contributed by atoms with E-state index in [1.807, 2.05) is 42.5 Å². The molecule has 0 aliphatic heterocycles. The number of aromatic nitrogens is 3. The second-order valence-electron chi connectivity index (χ2n) is 7.68. The van der Waals surface area contributed by atoms with Gasteiger partial charge in [0.2, 0.25) is 0 Å². The summed E-state index contributed by atoms with van der Waals surface area (Å²) >= 11 is 5.92. The third-order valence-corrected chi connectivity index (χ3v) is 5.64. The van der Waals surface area contributed by atoms with Gasteiger partial charge in [0.25, 0.3) is 11.5 Å². The van der Waals surface area contributed by atoms with Crippen molar-refractivity contribution in [3.05, 3.63) is 112 Å². The van der Waals surface area contributed by atoms with E-state index in [1.54, 1.807) is 42.6 Å². The van der Waals surface area contributed by atoms with E-state index in [0.717, 1.165) is 5.56 Å². The number of hydrogen-bond acceptors (Lipinski definition) is 4. The maximum atomic E-state index is 12.8. The number of rotatable bonds is 6. The van der Waals surface area contributed by atoms with Crippen LogP contribution in [0.4, 0.5) is 11.4 Å². The summed E-state index contributed by atoms with van der Waals surface area (Å²) in [6, 6.07) is 23.8. The van der Waals surface area contributed by atoms with E-state index in [-0.39, 0.29) is 11.5 Å². The number of anilines is 2. The molecule has 0 saturated carbocycles. The van der Waals surface area contributed by atoms with Crippen molar-refractivity contribution in [2.24, 2.45) is 0 Å². The smallest absolute Gasteiger partial charge is 0.261 e. The lowest BCUT2D eigenvalue weighted by Crippen LogP contribution is -2.13. The molecule has 0 bridgehead atoms. The number of carbonyl (C=O) groups is 1. The molecule has 0 radical (unpaired) electrons. The number of para-hydroxylation sites is 1. The van der Waals surface area contributed by atoms with E-state index in [1.165, 1.54) is 0 Å². The summed E-state index contributed by atoms with van der Waals surface area (Å²) in [6.07, 6.45) is 1.60. The lowest BCUT2D eigenvalue weighted by Gasteiger charge is -2.10. The first kappa shape index (κ1) is 21.5. The minimum Gasteiger partial charge on any atom is -0.380 e. The third-order valence-electron chi connectivity index (χ3n) is 5.39. The molecule has 0 atom stereocenters. The Hall–Kier alpha value is -4.36. The molecular weight excluding hydrogens is 450 g/mol. The van der Waals surface area contributed by atoms with Crippen molar-refractivity contribution in [3.63, 3.8) is 0 Å². The summed E-state index contributed by atoms with van der Waals surface area (Å²) in [6.45, 7) is 0.555. The van der Waals surface area contributed by atoms with Crippen LogP contribution in [0.15, 0.2) is 89.9 Å². The fourth-order valence-electron chi connectivity index (χ4n) is 3.70. The van der Waals surface area contributed by atoms with Gasteiger partial charge in [0, 0.05) is 23.3 Å². The zero-order valence-corrected chi connectivity index (χ0v) is 18.7. The van der Waals surface area contributed by atoms with Crippen molar-refractivity contribution >= 4 is 39.9 Å². The van der Waals surface area contributed by atoms with Gasteiger partial charge >= 0.3 is 0 Å². The molecule has 8 heteroatoms. The molecule has 168 valence electrons. The average Bonchev–Trinajstić information content (AvgIpc) is 3.28. The van der Waals surface area contributed by atoms with Crippen LogP contribution in [0.1, 0.15) is 15.9 Å². The Kier molecular flexibility index (Phi) is 5.84. The summed E-state index contributed by atoms with van der Waals surface area (Å²) in [4.78, 5) is 36.1. The van der Waals surface area contributed by atoms with E-state index in [0.29, 0.717) is 50.9 Å². The number of pyridine rings is 1. The summed E-state index contributed by atoms with van der Waals surface area (Å²) < 4.78 is 0. The Labute approximate surface area is 199 Å². The standard InChI is InChI=1S/C26H20ClN5O2/c27-18-11-9-17(10-12-18)25(33)31-21-8-4-7-20-23(21)32-24(30-20)22-19(13-14-28-26(22)34)29-15-16-5-2-1-3-6-16/h1-14H,15H2,(H,30,32)(H,31,33)(H2,28,29,34). The molecule has 7 nitrogen and oxygen atoms in total. The summed E-state index contributed by atoms with van der Waals surface area (Å²) in [7, 11) is 0. The highest BCUT2D eigenvalue weighted by atomic mass is 35.5. The SMILES string of the molecule is O=C(Nc1cccc2[nH]c(-c3c(NCc4ccccc4)cc[nH]c3=O)nc12)c1ccc(Cl)cc1. The molecule has 0 unspecified atom stereocenters. The van der Waals surface area contributed by atoms with Crippen molar-refractivity contribution in [3.8, 4) is 11.4 Å². The van der Waals surface area contributed by atoms with Crippen molar-refractivity contribution in [1.82, 2.24) is 15.0 Å². The maximum absolute atomic E-state index is 12.8. The number of halogens is 1. The second-order valence-corrected chi connectivity index (χ2v) is 8.12. The minimum absolute atomic E-state index is 0.274. The van der Waals surface area contributed by atoms with Crippen LogP contribution in [0.2, 0.25) is 5.02 Å². The molecule has 5 rings (SSSR count). The maximum Gasteiger partial charge on any atom is 0.261 e. The first-order valence-corrected chi connectivity index (χ1v) is 11.0. The van der Waals surface area contributed by atoms with E-state index in [2.05, 4.69) is 25.6 Å². The van der Waals surface area contributed by atoms with Crippen LogP contribution in [-0.4, -0.2) is 20.9 Å². The zero-order valence-electron chi connectivity index (χ0n) is 17.9. The fourth-order valence-corrected chi connectivity index (χ4v) is 3.83. The van der Waals surface area contributed by atoms with Crippen LogP contribution in [0, 0.1) is 0 Å². The minimum atomic E-state index is -0.281. The van der Waals surface area contributed by atoms with Crippen LogP contribution in [-0.2, 0) is 6.54 Å². The van der Waals surface area contributed by atoms with Gasteiger partial charge < -0.3 is 20.6 Å². The normalized spacial score (nSPS) is 10.9. The van der Waals surface area contributed by atoms with E-state index >= 15 is 0 Å². The average molecular weight is 470 g/mol. The number of amides is 1. The van der Waals surface area contributed by atoms with Gasteiger partial charge in [-0.15, -0.1) is 0 Å². The lowest BCUT2D eigenvalue weighted by molar-refractivity contribution is 0.102. The lowest BCUT2D eigenvalue weighted by atomic mass is 10.2. The van der Waals surface area contributed by atoms with Crippen molar-refractivity contribution in [2.75, 3.05) is 10.6 Å². The van der Waals surface area contributed by atoms with Gasteiger partial charge in [-0.2, -0.15) is 0 Å². The molecule has 0 fully saturated rings. The Morgan fingerprint density at radius 1 is 0.912 bits per heavy atom. The highest BCUT2D eigenvalue weighted by molar-refractivity contribution is 6.30. The molecule has 34 heavy (non-hydrogen) atoms. The first-order chi connectivity index (χ1) is 16.6. The number of carbonyl (C=O) groups excluding carboxylic acids is 1. The number of aromatic amines is 2. The second kappa shape index (κ2) is 9.25. The van der Waals surface area contributed by atoms with Crippen LogP contribution < -0.4 is 16.2 Å². The van der Waals surface area contributed by atoms with Crippen LogP contribution in [0.25, 0.3) is 22.4 Å².